The number of nitrogens with zero attached hydrogens (tertiary/aromatic N) is 2. The maximum absolute atomic E-state index is 13.1. The fourth-order valence-corrected chi connectivity index (χ4v) is 2.37. The summed E-state index contributed by atoms with van der Waals surface area (Å²) >= 11 is 0. The molecule has 7 heteroatoms. The quantitative estimate of drug-likeness (QED) is 0.722. The van der Waals surface area contributed by atoms with Crippen LogP contribution in [-0.4, -0.2) is 28.9 Å². The van der Waals surface area contributed by atoms with Crippen molar-refractivity contribution in [2.75, 3.05) is 7.05 Å². The number of carbonyl (C=O) groups excluding carboxylic acids is 2. The number of ketones is 1. The third-order valence-corrected chi connectivity index (χ3v) is 3.61. The number of hydrogen-bond acceptors (Lipinski definition) is 5. The van der Waals surface area contributed by atoms with E-state index in [2.05, 4.69) is 15.5 Å². The maximum Gasteiger partial charge on any atom is 0.256 e. The summed E-state index contributed by atoms with van der Waals surface area (Å²) in [6.07, 6.45) is 1.35. The molecule has 3 rings (SSSR count). The lowest BCUT2D eigenvalue weighted by Crippen LogP contribution is -2.20. The molecule has 0 bridgehead atoms. The minimum absolute atomic E-state index is 0.134. The Morgan fingerprint density at radius 3 is 2.56 bits per heavy atom. The van der Waals surface area contributed by atoms with Crippen molar-refractivity contribution < 1.29 is 18.5 Å². The highest BCUT2D eigenvalue weighted by molar-refractivity contribution is 6.03. The van der Waals surface area contributed by atoms with Crippen LogP contribution in [0.1, 0.15) is 26.6 Å². The summed E-state index contributed by atoms with van der Waals surface area (Å²) < 4.78 is 18.4. The SMILES string of the molecule is CNC(=O)c1c(-c2ccc(F)cc2)noc1CC(=O)c1ccccn1. The van der Waals surface area contributed by atoms with E-state index in [1.165, 1.54) is 37.5 Å². The number of Topliss-reactive ketones (excluding diaryl/α,β-unsaturated/α-hetero) is 1. The average Bonchev–Trinajstić information content (AvgIpc) is 3.06. The Morgan fingerprint density at radius 1 is 1.16 bits per heavy atom. The van der Waals surface area contributed by atoms with Gasteiger partial charge in [-0.15, -0.1) is 0 Å². The monoisotopic (exact) mass is 339 g/mol. The topological polar surface area (TPSA) is 85.1 Å². The van der Waals surface area contributed by atoms with E-state index in [0.717, 1.165) is 0 Å². The first kappa shape index (κ1) is 16.5. The van der Waals surface area contributed by atoms with Gasteiger partial charge in [-0.1, -0.05) is 11.2 Å². The lowest BCUT2D eigenvalue weighted by atomic mass is 10.0. The van der Waals surface area contributed by atoms with Crippen molar-refractivity contribution in [3.8, 4) is 11.3 Å². The van der Waals surface area contributed by atoms with Crippen molar-refractivity contribution in [2.45, 2.75) is 6.42 Å². The Kier molecular flexibility index (Phi) is 4.65. The van der Waals surface area contributed by atoms with E-state index in [1.54, 1.807) is 18.2 Å². The highest BCUT2D eigenvalue weighted by atomic mass is 19.1. The van der Waals surface area contributed by atoms with Crippen LogP contribution in [0.2, 0.25) is 0 Å². The molecule has 0 atom stereocenters. The van der Waals surface area contributed by atoms with Crippen LogP contribution in [0, 0.1) is 5.82 Å². The smallest absolute Gasteiger partial charge is 0.256 e. The molecule has 0 aliphatic rings. The third-order valence-electron chi connectivity index (χ3n) is 3.61. The predicted octanol–water partition coefficient (Wildman–Crippen LogP) is 2.66. The molecule has 0 aliphatic heterocycles. The van der Waals surface area contributed by atoms with Gasteiger partial charge in [-0.3, -0.25) is 14.6 Å². The molecule has 0 saturated heterocycles. The van der Waals surface area contributed by atoms with E-state index in [1.807, 2.05) is 0 Å². The number of benzene rings is 1. The predicted molar refractivity (Wildman–Crippen MR) is 87.6 cm³/mol. The standard InChI is InChI=1S/C18H14FN3O3/c1-20-18(24)16-15(10-14(23)13-4-2-3-9-21-13)25-22-17(16)11-5-7-12(19)8-6-11/h2-9H,10H2,1H3,(H,20,24). The van der Waals surface area contributed by atoms with Crippen LogP contribution in [0.5, 0.6) is 0 Å². The number of aromatic nitrogens is 2. The number of amides is 1. The summed E-state index contributed by atoms with van der Waals surface area (Å²) in [6, 6.07) is 10.5. The first-order valence-electron chi connectivity index (χ1n) is 7.51. The molecule has 25 heavy (non-hydrogen) atoms. The fourth-order valence-electron chi connectivity index (χ4n) is 2.37. The largest absolute Gasteiger partial charge is 0.359 e. The zero-order chi connectivity index (χ0) is 17.8. The lowest BCUT2D eigenvalue weighted by Gasteiger charge is -2.03. The van der Waals surface area contributed by atoms with Crippen molar-refractivity contribution in [2.24, 2.45) is 0 Å². The summed E-state index contributed by atoms with van der Waals surface area (Å²) in [4.78, 5) is 28.6. The van der Waals surface area contributed by atoms with Crippen molar-refractivity contribution >= 4 is 11.7 Å². The molecule has 126 valence electrons. The molecule has 0 spiro atoms. The maximum atomic E-state index is 13.1. The molecule has 0 fully saturated rings. The van der Waals surface area contributed by atoms with Gasteiger partial charge >= 0.3 is 0 Å². The third kappa shape index (κ3) is 3.45. The highest BCUT2D eigenvalue weighted by Gasteiger charge is 2.25. The Balaban J connectivity index is 1.98. The highest BCUT2D eigenvalue weighted by Crippen LogP contribution is 2.26. The summed E-state index contributed by atoms with van der Waals surface area (Å²) in [7, 11) is 1.47. The molecule has 0 radical (unpaired) electrons. The van der Waals surface area contributed by atoms with E-state index in [0.29, 0.717) is 5.56 Å². The Hall–Kier alpha value is -3.35. The van der Waals surface area contributed by atoms with Crippen LogP contribution in [-0.2, 0) is 6.42 Å². The van der Waals surface area contributed by atoms with Gasteiger partial charge in [0.25, 0.3) is 5.91 Å². The zero-order valence-corrected chi connectivity index (χ0v) is 13.3. The van der Waals surface area contributed by atoms with Gasteiger partial charge in [0, 0.05) is 18.8 Å². The van der Waals surface area contributed by atoms with Crippen LogP contribution < -0.4 is 5.32 Å². The van der Waals surface area contributed by atoms with Crippen molar-refractivity contribution in [1.82, 2.24) is 15.5 Å². The molecule has 0 unspecified atom stereocenters. The second-order valence-corrected chi connectivity index (χ2v) is 5.23. The van der Waals surface area contributed by atoms with E-state index >= 15 is 0 Å². The second kappa shape index (κ2) is 7.04. The van der Waals surface area contributed by atoms with Crippen LogP contribution in [0.15, 0.2) is 53.2 Å². The Morgan fingerprint density at radius 2 is 1.92 bits per heavy atom. The molecule has 0 aliphatic carbocycles. The molecule has 6 nitrogen and oxygen atoms in total. The number of rotatable bonds is 5. The van der Waals surface area contributed by atoms with E-state index in [4.69, 9.17) is 4.52 Å². The van der Waals surface area contributed by atoms with Crippen LogP contribution in [0.4, 0.5) is 4.39 Å². The second-order valence-electron chi connectivity index (χ2n) is 5.23. The number of pyridine rings is 1. The first-order valence-corrected chi connectivity index (χ1v) is 7.51. The first-order chi connectivity index (χ1) is 12.1. The van der Waals surface area contributed by atoms with Crippen molar-refractivity contribution in [3.63, 3.8) is 0 Å². The zero-order valence-electron chi connectivity index (χ0n) is 13.3. The van der Waals surface area contributed by atoms with E-state index < -0.39 is 11.7 Å². The summed E-state index contributed by atoms with van der Waals surface area (Å²) in [5.41, 5.74) is 1.19. The average molecular weight is 339 g/mol. The Bertz CT molecular complexity index is 905. The van der Waals surface area contributed by atoms with Gasteiger partial charge in [0.2, 0.25) is 0 Å². The minimum atomic E-state index is -0.440. The van der Waals surface area contributed by atoms with Gasteiger partial charge in [-0.2, -0.15) is 0 Å². The van der Waals surface area contributed by atoms with Crippen molar-refractivity contribution in [1.29, 1.82) is 0 Å². The molecular weight excluding hydrogens is 325 g/mol. The van der Waals surface area contributed by atoms with Gasteiger partial charge in [-0.05, 0) is 36.4 Å². The normalized spacial score (nSPS) is 10.5. The fraction of sp³-hybridized carbons (Fsp3) is 0.111. The van der Waals surface area contributed by atoms with Gasteiger partial charge in [0.05, 0.1) is 6.42 Å². The molecule has 1 N–H and O–H groups in total. The number of halogens is 1. The molecule has 1 aromatic carbocycles. The van der Waals surface area contributed by atoms with E-state index in [-0.39, 0.29) is 34.9 Å². The number of carbonyl (C=O) groups is 2. The number of nitrogens with one attached hydrogen (secondary N) is 1. The molecule has 3 aromatic rings. The Labute approximate surface area is 142 Å². The molecule has 1 amide bonds. The summed E-state index contributed by atoms with van der Waals surface area (Å²) in [5.74, 6) is -1.01. The van der Waals surface area contributed by atoms with Gasteiger partial charge in [-0.25, -0.2) is 4.39 Å². The van der Waals surface area contributed by atoms with Crippen LogP contribution in [0.25, 0.3) is 11.3 Å². The van der Waals surface area contributed by atoms with Crippen molar-refractivity contribution in [3.05, 3.63) is 71.5 Å². The summed E-state index contributed by atoms with van der Waals surface area (Å²) in [6.45, 7) is 0. The number of hydrogen-bond donors (Lipinski definition) is 1. The molecule has 2 aromatic heterocycles. The summed E-state index contributed by atoms with van der Waals surface area (Å²) in [5, 5.41) is 6.40. The van der Waals surface area contributed by atoms with Gasteiger partial charge in [0.15, 0.2) is 11.5 Å². The van der Waals surface area contributed by atoms with Crippen LogP contribution in [0.3, 0.4) is 0 Å². The molecule has 0 saturated carbocycles. The van der Waals surface area contributed by atoms with E-state index in [9.17, 15) is 14.0 Å². The molecular formula is C18H14FN3O3. The van der Waals surface area contributed by atoms with Crippen LogP contribution >= 0.6 is 0 Å². The van der Waals surface area contributed by atoms with Gasteiger partial charge < -0.3 is 9.84 Å². The van der Waals surface area contributed by atoms with Gasteiger partial charge in [0.1, 0.15) is 22.8 Å². The molecule has 2 heterocycles. The lowest BCUT2D eigenvalue weighted by molar-refractivity contribution is 0.0959. The minimum Gasteiger partial charge on any atom is -0.359 e.